The van der Waals surface area contributed by atoms with Crippen LogP contribution in [-0.2, 0) is 0 Å². The molecule has 0 radical (unpaired) electrons. The molecule has 2 fully saturated rings. The maximum Gasteiger partial charge on any atom is 0.317 e. The van der Waals surface area contributed by atoms with Crippen LogP contribution >= 0.6 is 0 Å². The van der Waals surface area contributed by atoms with Crippen LogP contribution in [0.15, 0.2) is 6.20 Å². The van der Waals surface area contributed by atoms with Crippen LogP contribution in [0, 0.1) is 6.92 Å². The lowest BCUT2D eigenvalue weighted by Gasteiger charge is -2.37. The van der Waals surface area contributed by atoms with Crippen molar-refractivity contribution in [3.05, 3.63) is 11.8 Å². The van der Waals surface area contributed by atoms with E-state index in [1.165, 1.54) is 0 Å². The molecule has 0 bridgehead atoms. The van der Waals surface area contributed by atoms with Gasteiger partial charge in [-0.3, -0.25) is 0 Å². The highest BCUT2D eigenvalue weighted by Crippen LogP contribution is 2.23. The van der Waals surface area contributed by atoms with E-state index in [1.54, 1.807) is 0 Å². The normalized spacial score (nSPS) is 21.2. The van der Waals surface area contributed by atoms with E-state index in [0.29, 0.717) is 5.95 Å². The minimum absolute atomic E-state index is 0.0596. The fourth-order valence-electron chi connectivity index (χ4n) is 2.87. The number of fused-ring (bicyclic) bond motifs is 1. The van der Waals surface area contributed by atoms with E-state index < -0.39 is 0 Å². The summed E-state index contributed by atoms with van der Waals surface area (Å²) in [4.78, 5) is 24.8. The second-order valence-electron chi connectivity index (χ2n) is 5.61. The molecule has 0 aromatic carbocycles. The highest BCUT2D eigenvalue weighted by atomic mass is 16.2. The molecule has 2 amide bonds. The summed E-state index contributed by atoms with van der Waals surface area (Å²) in [6, 6.07) is 0.303. The molecule has 0 aliphatic carbocycles. The summed E-state index contributed by atoms with van der Waals surface area (Å²) in [6.45, 7) is 8.13. The number of aromatic nitrogens is 2. The Morgan fingerprint density at radius 2 is 2.33 bits per heavy atom. The molecular weight excluding hydrogens is 268 g/mol. The Labute approximate surface area is 124 Å². The number of carbonyl (C=O) groups is 1. The fraction of sp³-hybridized carbons (Fsp3) is 0.643. The number of piperazine rings is 1. The summed E-state index contributed by atoms with van der Waals surface area (Å²) < 4.78 is 0. The van der Waals surface area contributed by atoms with E-state index in [2.05, 4.69) is 32.4 Å². The Bertz CT molecular complexity index is 534. The highest BCUT2D eigenvalue weighted by molar-refractivity contribution is 5.77. The second kappa shape index (κ2) is 5.75. The van der Waals surface area contributed by atoms with Gasteiger partial charge in [0.2, 0.25) is 5.95 Å². The Hall–Kier alpha value is -2.05. The van der Waals surface area contributed by atoms with Crippen molar-refractivity contribution in [3.63, 3.8) is 0 Å². The molecule has 1 atom stereocenters. The zero-order valence-electron chi connectivity index (χ0n) is 12.6. The van der Waals surface area contributed by atoms with Crippen LogP contribution < -0.4 is 15.5 Å². The van der Waals surface area contributed by atoms with E-state index in [-0.39, 0.29) is 12.1 Å². The van der Waals surface area contributed by atoms with Crippen LogP contribution in [0.5, 0.6) is 0 Å². The molecule has 3 heterocycles. The minimum atomic E-state index is 0.0596. The molecule has 3 rings (SSSR count). The summed E-state index contributed by atoms with van der Waals surface area (Å²) in [7, 11) is 0. The lowest BCUT2D eigenvalue weighted by molar-refractivity contribution is 0.197. The third kappa shape index (κ3) is 2.72. The van der Waals surface area contributed by atoms with Crippen molar-refractivity contribution in [1.29, 1.82) is 0 Å². The summed E-state index contributed by atoms with van der Waals surface area (Å²) in [5.74, 6) is 1.66. The molecule has 2 saturated heterocycles. The zero-order chi connectivity index (χ0) is 14.8. The third-order valence-electron chi connectivity index (χ3n) is 4.01. The predicted octanol–water partition coefficient (Wildman–Crippen LogP) is 0.821. The van der Waals surface area contributed by atoms with Crippen LogP contribution in [0.3, 0.4) is 0 Å². The summed E-state index contributed by atoms with van der Waals surface area (Å²) in [5, 5.41) is 6.13. The average Bonchev–Trinajstić information content (AvgIpc) is 2.87. The molecule has 2 aliphatic heterocycles. The van der Waals surface area contributed by atoms with Gasteiger partial charge in [-0.25, -0.2) is 9.78 Å². The van der Waals surface area contributed by atoms with Gasteiger partial charge in [-0.15, -0.1) is 0 Å². The maximum absolute atomic E-state index is 11.7. The van der Waals surface area contributed by atoms with E-state index in [1.807, 2.05) is 18.0 Å². The molecule has 1 aromatic heterocycles. The van der Waals surface area contributed by atoms with Crippen molar-refractivity contribution < 1.29 is 4.79 Å². The van der Waals surface area contributed by atoms with Crippen molar-refractivity contribution in [2.45, 2.75) is 26.3 Å². The third-order valence-corrected chi connectivity index (χ3v) is 4.01. The lowest BCUT2D eigenvalue weighted by atomic mass is 10.2. The number of carbonyl (C=O) groups excluding carboxylic acids is 1. The molecular formula is C14H22N6O. The molecule has 21 heavy (non-hydrogen) atoms. The largest absolute Gasteiger partial charge is 0.354 e. The molecule has 0 spiro atoms. The van der Waals surface area contributed by atoms with Gasteiger partial charge in [-0.2, -0.15) is 4.98 Å². The van der Waals surface area contributed by atoms with E-state index >= 15 is 0 Å². The number of hydrogen-bond acceptors (Lipinski definition) is 5. The SMILES string of the molecule is CCCNc1ncc(C)c(N2CCN3C(=O)NCC3C2)n1. The molecule has 114 valence electrons. The van der Waals surface area contributed by atoms with Crippen molar-refractivity contribution in [3.8, 4) is 0 Å². The van der Waals surface area contributed by atoms with Gasteiger partial charge in [0.1, 0.15) is 5.82 Å². The molecule has 7 nitrogen and oxygen atoms in total. The number of rotatable bonds is 4. The number of nitrogens with zero attached hydrogens (tertiary/aromatic N) is 4. The Kier molecular flexibility index (Phi) is 3.81. The van der Waals surface area contributed by atoms with Crippen LogP contribution in [-0.4, -0.2) is 59.7 Å². The molecule has 1 unspecified atom stereocenters. The minimum Gasteiger partial charge on any atom is -0.354 e. The van der Waals surface area contributed by atoms with Gasteiger partial charge in [0, 0.05) is 44.5 Å². The smallest absolute Gasteiger partial charge is 0.317 e. The van der Waals surface area contributed by atoms with Gasteiger partial charge in [0.25, 0.3) is 0 Å². The monoisotopic (exact) mass is 290 g/mol. The molecule has 2 aliphatic rings. The molecule has 1 aromatic rings. The first kappa shape index (κ1) is 13.9. The van der Waals surface area contributed by atoms with E-state index in [9.17, 15) is 4.79 Å². The van der Waals surface area contributed by atoms with Crippen molar-refractivity contribution in [2.24, 2.45) is 0 Å². The van der Waals surface area contributed by atoms with Gasteiger partial charge in [0.15, 0.2) is 0 Å². The van der Waals surface area contributed by atoms with Gasteiger partial charge in [-0.1, -0.05) is 6.92 Å². The van der Waals surface area contributed by atoms with E-state index in [0.717, 1.165) is 50.5 Å². The predicted molar refractivity (Wildman–Crippen MR) is 81.7 cm³/mol. The topological polar surface area (TPSA) is 73.4 Å². The lowest BCUT2D eigenvalue weighted by Crippen LogP contribution is -2.52. The van der Waals surface area contributed by atoms with Crippen molar-refractivity contribution in [1.82, 2.24) is 20.2 Å². The van der Waals surface area contributed by atoms with Crippen molar-refractivity contribution in [2.75, 3.05) is 42.9 Å². The first-order valence-electron chi connectivity index (χ1n) is 7.56. The summed E-state index contributed by atoms with van der Waals surface area (Å²) >= 11 is 0. The molecule has 0 saturated carbocycles. The Morgan fingerprint density at radius 1 is 1.48 bits per heavy atom. The summed E-state index contributed by atoms with van der Waals surface area (Å²) in [5.41, 5.74) is 1.07. The average molecular weight is 290 g/mol. The van der Waals surface area contributed by atoms with E-state index in [4.69, 9.17) is 0 Å². The second-order valence-corrected chi connectivity index (χ2v) is 5.61. The van der Waals surface area contributed by atoms with Gasteiger partial charge in [0.05, 0.1) is 6.04 Å². The number of nitrogens with one attached hydrogen (secondary N) is 2. The fourth-order valence-corrected chi connectivity index (χ4v) is 2.87. The van der Waals surface area contributed by atoms with Gasteiger partial charge >= 0.3 is 6.03 Å². The van der Waals surface area contributed by atoms with Crippen LogP contribution in [0.2, 0.25) is 0 Å². The number of anilines is 2. The number of aryl methyl sites for hydroxylation is 1. The van der Waals surface area contributed by atoms with Gasteiger partial charge < -0.3 is 20.4 Å². The van der Waals surface area contributed by atoms with Crippen LogP contribution in [0.1, 0.15) is 18.9 Å². The molecule has 7 heteroatoms. The quantitative estimate of drug-likeness (QED) is 0.859. The number of hydrogen-bond donors (Lipinski definition) is 2. The standard InChI is InChI=1S/C14H22N6O/c1-3-4-15-13-16-7-10(2)12(18-13)19-5-6-20-11(9-19)8-17-14(20)21/h7,11H,3-6,8-9H2,1-2H3,(H,17,21)(H,15,16,18). The van der Waals surface area contributed by atoms with Crippen molar-refractivity contribution >= 4 is 17.8 Å². The number of amides is 2. The first-order chi connectivity index (χ1) is 10.2. The Balaban J connectivity index is 1.75. The maximum atomic E-state index is 11.7. The van der Waals surface area contributed by atoms with Crippen LogP contribution in [0.25, 0.3) is 0 Å². The zero-order valence-corrected chi connectivity index (χ0v) is 12.6. The summed E-state index contributed by atoms with van der Waals surface area (Å²) in [6.07, 6.45) is 2.91. The highest BCUT2D eigenvalue weighted by Gasteiger charge is 2.36. The van der Waals surface area contributed by atoms with Gasteiger partial charge in [-0.05, 0) is 13.3 Å². The number of urea groups is 1. The Morgan fingerprint density at radius 3 is 3.14 bits per heavy atom. The molecule has 2 N–H and O–H groups in total. The van der Waals surface area contributed by atoms with Crippen LogP contribution in [0.4, 0.5) is 16.6 Å². The first-order valence-corrected chi connectivity index (χ1v) is 7.56.